The molecule has 2 aliphatic rings. The molecular weight excluding hydrogens is 378 g/mol. The minimum absolute atomic E-state index is 0.0436. The average Bonchev–Trinajstić information content (AvgIpc) is 3.13. The van der Waals surface area contributed by atoms with Crippen LogP contribution in [0, 0.1) is 5.92 Å². The number of rotatable bonds is 5. The zero-order chi connectivity index (χ0) is 18.9. The van der Waals surface area contributed by atoms with Gasteiger partial charge in [0.25, 0.3) is 5.91 Å². The number of hydrazone groups is 1. The molecule has 0 aromatic carbocycles. The monoisotopic (exact) mass is 399 g/mol. The molecule has 26 heavy (non-hydrogen) atoms. The predicted octanol–water partition coefficient (Wildman–Crippen LogP) is 0.841. The Hall–Kier alpha value is -1.88. The fourth-order valence-corrected chi connectivity index (χ4v) is 5.53. The molecule has 0 radical (unpaired) electrons. The van der Waals surface area contributed by atoms with Crippen LogP contribution in [0.25, 0.3) is 0 Å². The summed E-state index contributed by atoms with van der Waals surface area (Å²) in [5.74, 6) is -0.306. The summed E-state index contributed by atoms with van der Waals surface area (Å²) < 4.78 is 23.3. The molecule has 1 unspecified atom stereocenters. The fourth-order valence-electron chi connectivity index (χ4n) is 2.89. The number of hydrogen-bond acceptors (Lipinski definition) is 8. The second-order valence-electron chi connectivity index (χ2n) is 6.89. The van der Waals surface area contributed by atoms with Gasteiger partial charge < -0.3 is 0 Å². The van der Waals surface area contributed by atoms with Gasteiger partial charge in [0.05, 0.1) is 17.5 Å². The molecule has 3 heterocycles. The summed E-state index contributed by atoms with van der Waals surface area (Å²) in [6.07, 6.45) is 1.49. The maximum atomic E-state index is 12.4. The zero-order valence-electron chi connectivity index (χ0n) is 14.6. The van der Waals surface area contributed by atoms with Crippen LogP contribution in [0.5, 0.6) is 0 Å². The Morgan fingerprint density at radius 3 is 2.77 bits per heavy atom. The third-order valence-corrected chi connectivity index (χ3v) is 6.76. The van der Waals surface area contributed by atoms with E-state index in [1.54, 1.807) is 0 Å². The maximum absolute atomic E-state index is 12.4. The Kier molecular flexibility index (Phi) is 5.37. The van der Waals surface area contributed by atoms with Crippen LogP contribution >= 0.6 is 11.3 Å². The van der Waals surface area contributed by atoms with E-state index in [9.17, 15) is 18.0 Å². The molecule has 2 amide bonds. The quantitative estimate of drug-likeness (QED) is 0.783. The Morgan fingerprint density at radius 2 is 2.12 bits per heavy atom. The van der Waals surface area contributed by atoms with Crippen molar-refractivity contribution in [2.24, 2.45) is 11.0 Å². The predicted molar refractivity (Wildman–Crippen MR) is 97.7 cm³/mol. The summed E-state index contributed by atoms with van der Waals surface area (Å²) in [6.45, 7) is 4.15. The minimum atomic E-state index is -3.14. The SMILES string of the molecule is CC(C)Cc1nnc(NC(=O)C2=NN(C3CCS(=O)(=O)C3)C(=O)CC2)s1. The highest BCUT2D eigenvalue weighted by Crippen LogP contribution is 2.23. The molecule has 0 spiro atoms. The summed E-state index contributed by atoms with van der Waals surface area (Å²) in [7, 11) is -3.14. The number of nitrogens with zero attached hydrogens (tertiary/aromatic N) is 4. The van der Waals surface area contributed by atoms with Crippen LogP contribution in [0.2, 0.25) is 0 Å². The Labute approximate surface area is 155 Å². The molecule has 1 fully saturated rings. The van der Waals surface area contributed by atoms with Gasteiger partial charge in [-0.3, -0.25) is 14.9 Å². The molecule has 11 heteroatoms. The van der Waals surface area contributed by atoms with Crippen molar-refractivity contribution in [3.8, 4) is 0 Å². The fraction of sp³-hybridized carbons (Fsp3) is 0.667. The first-order valence-electron chi connectivity index (χ1n) is 8.47. The van der Waals surface area contributed by atoms with Crippen LogP contribution < -0.4 is 5.32 Å². The van der Waals surface area contributed by atoms with Gasteiger partial charge >= 0.3 is 0 Å². The first kappa shape index (κ1) is 18.9. The molecule has 0 bridgehead atoms. The van der Waals surface area contributed by atoms with Crippen molar-refractivity contribution in [3.05, 3.63) is 5.01 Å². The van der Waals surface area contributed by atoms with E-state index in [0.29, 0.717) is 17.5 Å². The van der Waals surface area contributed by atoms with Gasteiger partial charge in [0, 0.05) is 19.3 Å². The summed E-state index contributed by atoms with van der Waals surface area (Å²) >= 11 is 1.31. The molecule has 3 rings (SSSR count). The number of sulfone groups is 1. The first-order chi connectivity index (χ1) is 12.2. The number of hydrogen-bond donors (Lipinski definition) is 1. The van der Waals surface area contributed by atoms with Gasteiger partial charge in [-0.25, -0.2) is 13.4 Å². The molecule has 0 aliphatic carbocycles. The maximum Gasteiger partial charge on any atom is 0.273 e. The summed E-state index contributed by atoms with van der Waals surface area (Å²) in [5.41, 5.74) is 0.203. The highest BCUT2D eigenvalue weighted by Gasteiger charge is 2.37. The van der Waals surface area contributed by atoms with Crippen LogP contribution in [0.15, 0.2) is 5.10 Å². The van der Waals surface area contributed by atoms with E-state index in [1.165, 1.54) is 16.3 Å². The van der Waals surface area contributed by atoms with E-state index < -0.39 is 21.8 Å². The van der Waals surface area contributed by atoms with Crippen molar-refractivity contribution >= 4 is 43.8 Å². The summed E-state index contributed by atoms with van der Waals surface area (Å²) in [6, 6.07) is -0.491. The first-order valence-corrected chi connectivity index (χ1v) is 11.1. The third kappa shape index (κ3) is 4.44. The van der Waals surface area contributed by atoms with Crippen molar-refractivity contribution in [2.45, 2.75) is 45.6 Å². The number of carbonyl (C=O) groups is 2. The van der Waals surface area contributed by atoms with Gasteiger partial charge in [-0.15, -0.1) is 10.2 Å². The van der Waals surface area contributed by atoms with Crippen molar-refractivity contribution in [3.63, 3.8) is 0 Å². The minimum Gasteiger partial charge on any atom is -0.295 e. The van der Waals surface area contributed by atoms with Crippen LogP contribution in [-0.4, -0.2) is 58.7 Å². The molecule has 0 saturated carbocycles. The van der Waals surface area contributed by atoms with E-state index in [2.05, 4.69) is 34.5 Å². The van der Waals surface area contributed by atoms with Crippen molar-refractivity contribution in [2.75, 3.05) is 16.8 Å². The standard InChI is InChI=1S/C15H21N5O4S2/c1-9(2)7-12-17-18-15(25-12)16-14(22)11-3-4-13(21)20(19-11)10-5-6-26(23,24)8-10/h9-10H,3-8H2,1-2H3,(H,16,18,22). The van der Waals surface area contributed by atoms with Gasteiger partial charge in [-0.1, -0.05) is 25.2 Å². The smallest absolute Gasteiger partial charge is 0.273 e. The highest BCUT2D eigenvalue weighted by molar-refractivity contribution is 7.91. The van der Waals surface area contributed by atoms with Crippen LogP contribution in [0.4, 0.5) is 5.13 Å². The Morgan fingerprint density at radius 1 is 1.35 bits per heavy atom. The average molecular weight is 399 g/mol. The largest absolute Gasteiger partial charge is 0.295 e. The normalized spacial score (nSPS) is 22.6. The van der Waals surface area contributed by atoms with Crippen molar-refractivity contribution in [1.29, 1.82) is 0 Å². The second-order valence-corrected chi connectivity index (χ2v) is 10.2. The second kappa shape index (κ2) is 7.39. The molecule has 1 aromatic rings. The topological polar surface area (TPSA) is 122 Å². The summed E-state index contributed by atoms with van der Waals surface area (Å²) in [5, 5.41) is 17.2. The van der Waals surface area contributed by atoms with Crippen LogP contribution in [0.1, 0.15) is 38.1 Å². The number of anilines is 1. The van der Waals surface area contributed by atoms with E-state index in [-0.39, 0.29) is 36.0 Å². The van der Waals surface area contributed by atoms with Gasteiger partial charge in [0.15, 0.2) is 9.84 Å². The summed E-state index contributed by atoms with van der Waals surface area (Å²) in [4.78, 5) is 24.5. The van der Waals surface area contributed by atoms with Crippen LogP contribution in [-0.2, 0) is 25.8 Å². The lowest BCUT2D eigenvalue weighted by molar-refractivity contribution is -0.133. The van der Waals surface area contributed by atoms with Gasteiger partial charge in [0.2, 0.25) is 11.0 Å². The molecule has 1 saturated heterocycles. The Balaban J connectivity index is 1.69. The van der Waals surface area contributed by atoms with Crippen molar-refractivity contribution in [1.82, 2.24) is 15.2 Å². The van der Waals surface area contributed by atoms with Gasteiger partial charge in [0.1, 0.15) is 10.7 Å². The number of carbonyl (C=O) groups excluding carboxylic acids is 2. The number of nitrogens with one attached hydrogen (secondary N) is 1. The lowest BCUT2D eigenvalue weighted by Gasteiger charge is -2.27. The molecule has 1 N–H and O–H groups in total. The van der Waals surface area contributed by atoms with E-state index in [1.807, 2.05) is 0 Å². The number of amides is 2. The molecule has 142 valence electrons. The van der Waals surface area contributed by atoms with E-state index >= 15 is 0 Å². The molecule has 9 nitrogen and oxygen atoms in total. The van der Waals surface area contributed by atoms with Crippen molar-refractivity contribution < 1.29 is 18.0 Å². The Bertz CT molecular complexity index is 846. The lowest BCUT2D eigenvalue weighted by Crippen LogP contribution is -2.42. The lowest BCUT2D eigenvalue weighted by atomic mass is 10.1. The number of aromatic nitrogens is 2. The van der Waals surface area contributed by atoms with Gasteiger partial charge in [-0.2, -0.15) is 5.10 Å². The zero-order valence-corrected chi connectivity index (χ0v) is 16.3. The molecular formula is C15H21N5O4S2. The highest BCUT2D eigenvalue weighted by atomic mass is 32.2. The molecule has 1 aromatic heterocycles. The van der Waals surface area contributed by atoms with Gasteiger partial charge in [-0.05, 0) is 12.3 Å². The molecule has 1 atom stereocenters. The molecule has 2 aliphatic heterocycles. The third-order valence-electron chi connectivity index (χ3n) is 4.15. The van der Waals surface area contributed by atoms with E-state index in [0.717, 1.165) is 11.4 Å². The van der Waals surface area contributed by atoms with E-state index in [4.69, 9.17) is 0 Å². The van der Waals surface area contributed by atoms with Crippen LogP contribution in [0.3, 0.4) is 0 Å².